The first-order valence-corrected chi connectivity index (χ1v) is 3.83. The zero-order valence-corrected chi connectivity index (χ0v) is 7.07. The fourth-order valence-electron chi connectivity index (χ4n) is 1.20. The molecule has 0 amide bonds. The minimum atomic E-state index is -0.180. The number of fused-ring (bicyclic) bond motifs is 1. The lowest BCUT2D eigenvalue weighted by molar-refractivity contribution is 0.415. The number of H-pyrrole nitrogens is 1. The van der Waals surface area contributed by atoms with Crippen LogP contribution in [0.25, 0.3) is 10.8 Å². The van der Waals surface area contributed by atoms with E-state index in [9.17, 15) is 4.79 Å². The Kier molecular flexibility index (Phi) is 1.73. The summed E-state index contributed by atoms with van der Waals surface area (Å²) in [5.41, 5.74) is -0.180. The number of hydrogen-bond acceptors (Lipinski definition) is 3. The van der Waals surface area contributed by atoms with E-state index in [0.717, 1.165) is 11.1 Å². The average Bonchev–Trinajstić information content (AvgIpc) is 2.18. The summed E-state index contributed by atoms with van der Waals surface area (Å²) in [7, 11) is 1.59. The number of benzene rings is 1. The van der Waals surface area contributed by atoms with Gasteiger partial charge in [0.1, 0.15) is 5.75 Å². The molecular formula is C9H8N2O2. The normalized spacial score (nSPS) is 10.2. The Hall–Kier alpha value is -1.84. The predicted octanol–water partition coefficient (Wildman–Crippen LogP) is 0.932. The largest absolute Gasteiger partial charge is 0.497 e. The van der Waals surface area contributed by atoms with E-state index in [1.807, 2.05) is 0 Å². The van der Waals surface area contributed by atoms with Crippen molar-refractivity contribution in [3.63, 3.8) is 0 Å². The van der Waals surface area contributed by atoms with Crippen LogP contribution in [0.1, 0.15) is 0 Å². The van der Waals surface area contributed by atoms with Crippen molar-refractivity contribution >= 4 is 10.8 Å². The van der Waals surface area contributed by atoms with E-state index >= 15 is 0 Å². The maximum absolute atomic E-state index is 11.2. The van der Waals surface area contributed by atoms with Crippen LogP contribution in [0.5, 0.6) is 5.75 Å². The van der Waals surface area contributed by atoms with Crippen molar-refractivity contribution in [3.05, 3.63) is 34.7 Å². The highest BCUT2D eigenvalue weighted by Gasteiger charge is 1.99. The van der Waals surface area contributed by atoms with E-state index in [4.69, 9.17) is 4.74 Å². The third-order valence-corrected chi connectivity index (χ3v) is 1.87. The molecule has 2 aromatic rings. The summed E-state index contributed by atoms with van der Waals surface area (Å²) in [6.45, 7) is 0. The van der Waals surface area contributed by atoms with Crippen LogP contribution >= 0.6 is 0 Å². The molecule has 1 N–H and O–H groups in total. The van der Waals surface area contributed by atoms with Gasteiger partial charge in [-0.3, -0.25) is 4.79 Å². The molecule has 0 bridgehead atoms. The van der Waals surface area contributed by atoms with Gasteiger partial charge in [-0.25, -0.2) is 5.10 Å². The second kappa shape index (κ2) is 2.90. The summed E-state index contributed by atoms with van der Waals surface area (Å²) in [5.74, 6) is 0.722. The number of nitrogens with one attached hydrogen (secondary N) is 1. The van der Waals surface area contributed by atoms with E-state index in [-0.39, 0.29) is 5.56 Å². The lowest BCUT2D eigenvalue weighted by Crippen LogP contribution is -2.06. The molecule has 0 aliphatic heterocycles. The molecule has 0 fully saturated rings. The number of ether oxygens (including phenoxy) is 1. The highest BCUT2D eigenvalue weighted by atomic mass is 16.5. The molecule has 2 rings (SSSR count). The molecule has 0 aliphatic rings. The summed E-state index contributed by atoms with van der Waals surface area (Å²) in [4.78, 5) is 11.2. The van der Waals surface area contributed by atoms with Crippen LogP contribution in [0.4, 0.5) is 0 Å². The number of methoxy groups -OCH3 is 1. The Balaban J connectivity index is 2.80. The van der Waals surface area contributed by atoms with E-state index in [0.29, 0.717) is 5.39 Å². The van der Waals surface area contributed by atoms with E-state index in [2.05, 4.69) is 10.2 Å². The second-order valence-electron chi connectivity index (χ2n) is 2.65. The molecule has 1 aromatic carbocycles. The van der Waals surface area contributed by atoms with Crippen molar-refractivity contribution in [2.75, 3.05) is 7.11 Å². The number of hydrogen-bond donors (Lipinski definition) is 1. The maximum atomic E-state index is 11.2. The summed E-state index contributed by atoms with van der Waals surface area (Å²) >= 11 is 0. The van der Waals surface area contributed by atoms with E-state index in [1.54, 1.807) is 31.5 Å². The fraction of sp³-hybridized carbons (Fsp3) is 0.111. The molecule has 1 heterocycles. The minimum Gasteiger partial charge on any atom is -0.497 e. The Morgan fingerprint density at radius 3 is 3.08 bits per heavy atom. The first-order chi connectivity index (χ1) is 6.31. The van der Waals surface area contributed by atoms with Gasteiger partial charge >= 0.3 is 0 Å². The SMILES string of the molecule is COc1ccc2c(=O)[nH]ncc2c1. The molecule has 0 radical (unpaired) electrons. The Morgan fingerprint density at radius 2 is 2.31 bits per heavy atom. The molecule has 66 valence electrons. The van der Waals surface area contributed by atoms with Gasteiger partial charge in [0.05, 0.1) is 18.7 Å². The van der Waals surface area contributed by atoms with Crippen molar-refractivity contribution in [1.82, 2.24) is 10.2 Å². The summed E-state index contributed by atoms with van der Waals surface area (Å²) < 4.78 is 5.02. The summed E-state index contributed by atoms with van der Waals surface area (Å²) in [6, 6.07) is 5.24. The van der Waals surface area contributed by atoms with Crippen LogP contribution in [0, 0.1) is 0 Å². The predicted molar refractivity (Wildman–Crippen MR) is 48.9 cm³/mol. The molecule has 13 heavy (non-hydrogen) atoms. The van der Waals surface area contributed by atoms with Gasteiger partial charge in [0.15, 0.2) is 0 Å². The fourth-order valence-corrected chi connectivity index (χ4v) is 1.20. The Labute approximate surface area is 74.2 Å². The van der Waals surface area contributed by atoms with Gasteiger partial charge < -0.3 is 4.74 Å². The Bertz CT molecular complexity index is 490. The lowest BCUT2D eigenvalue weighted by atomic mass is 10.2. The molecule has 1 aromatic heterocycles. The lowest BCUT2D eigenvalue weighted by Gasteiger charge is -1.99. The molecule has 0 atom stereocenters. The van der Waals surface area contributed by atoms with Crippen LogP contribution in [-0.4, -0.2) is 17.3 Å². The third kappa shape index (κ3) is 1.26. The minimum absolute atomic E-state index is 0.180. The van der Waals surface area contributed by atoms with E-state index in [1.165, 1.54) is 0 Å². The standard InChI is InChI=1S/C9H8N2O2/c1-13-7-2-3-8-6(4-7)5-10-11-9(8)12/h2-5H,1H3,(H,11,12). The highest BCUT2D eigenvalue weighted by molar-refractivity contribution is 5.81. The quantitative estimate of drug-likeness (QED) is 0.703. The topological polar surface area (TPSA) is 55.0 Å². The number of aromatic nitrogens is 2. The molecule has 0 saturated heterocycles. The van der Waals surface area contributed by atoms with E-state index < -0.39 is 0 Å². The van der Waals surface area contributed by atoms with Crippen LogP contribution in [0.3, 0.4) is 0 Å². The van der Waals surface area contributed by atoms with Crippen molar-refractivity contribution in [2.24, 2.45) is 0 Å². The average molecular weight is 176 g/mol. The highest BCUT2D eigenvalue weighted by Crippen LogP contribution is 2.16. The van der Waals surface area contributed by atoms with Gasteiger partial charge in [-0.05, 0) is 18.2 Å². The first kappa shape index (κ1) is 7.79. The van der Waals surface area contributed by atoms with Gasteiger partial charge in [0, 0.05) is 5.39 Å². The number of aromatic amines is 1. The summed E-state index contributed by atoms with van der Waals surface area (Å²) in [5, 5.41) is 7.46. The molecule has 0 saturated carbocycles. The van der Waals surface area contributed by atoms with Crippen LogP contribution in [0.15, 0.2) is 29.2 Å². The number of nitrogens with zero attached hydrogens (tertiary/aromatic N) is 1. The monoisotopic (exact) mass is 176 g/mol. The number of rotatable bonds is 1. The van der Waals surface area contributed by atoms with Gasteiger partial charge in [0.25, 0.3) is 5.56 Å². The zero-order valence-electron chi connectivity index (χ0n) is 7.07. The van der Waals surface area contributed by atoms with Gasteiger partial charge in [-0.2, -0.15) is 5.10 Å². The smallest absolute Gasteiger partial charge is 0.272 e. The zero-order chi connectivity index (χ0) is 9.26. The second-order valence-corrected chi connectivity index (χ2v) is 2.65. The van der Waals surface area contributed by atoms with Crippen molar-refractivity contribution in [2.45, 2.75) is 0 Å². The van der Waals surface area contributed by atoms with Crippen LogP contribution in [0.2, 0.25) is 0 Å². The molecule has 0 unspecified atom stereocenters. The van der Waals surface area contributed by atoms with Gasteiger partial charge in [0.2, 0.25) is 0 Å². The van der Waals surface area contributed by atoms with Crippen molar-refractivity contribution < 1.29 is 4.74 Å². The van der Waals surface area contributed by atoms with Gasteiger partial charge in [-0.1, -0.05) is 0 Å². The molecule has 4 heteroatoms. The third-order valence-electron chi connectivity index (χ3n) is 1.87. The van der Waals surface area contributed by atoms with Gasteiger partial charge in [-0.15, -0.1) is 0 Å². The van der Waals surface area contributed by atoms with Crippen LogP contribution in [-0.2, 0) is 0 Å². The Morgan fingerprint density at radius 1 is 1.46 bits per heavy atom. The molecule has 0 spiro atoms. The van der Waals surface area contributed by atoms with Crippen molar-refractivity contribution in [3.8, 4) is 5.75 Å². The van der Waals surface area contributed by atoms with Crippen LogP contribution < -0.4 is 10.3 Å². The molecule has 4 nitrogen and oxygen atoms in total. The summed E-state index contributed by atoms with van der Waals surface area (Å²) in [6.07, 6.45) is 1.60. The first-order valence-electron chi connectivity index (χ1n) is 3.83. The maximum Gasteiger partial charge on any atom is 0.272 e. The molecule has 0 aliphatic carbocycles. The molecular weight excluding hydrogens is 168 g/mol. The van der Waals surface area contributed by atoms with Crippen molar-refractivity contribution in [1.29, 1.82) is 0 Å².